The van der Waals surface area contributed by atoms with E-state index in [0.717, 1.165) is 45.3 Å². The number of aliphatic carboxylic acids is 1. The minimum absolute atomic E-state index is 0.487. The van der Waals surface area contributed by atoms with Crippen LogP contribution >= 0.6 is 0 Å². The number of hydrogen-bond acceptors (Lipinski definition) is 3. The first kappa shape index (κ1) is 15.8. The normalized spacial score (nSPS) is 37.0. The first-order valence-corrected chi connectivity index (χ1v) is 8.16. The van der Waals surface area contributed by atoms with Gasteiger partial charge in [-0.2, -0.15) is 0 Å². The second-order valence-corrected chi connectivity index (χ2v) is 6.92. The van der Waals surface area contributed by atoms with Gasteiger partial charge in [0.25, 0.3) is 0 Å². The molecule has 0 aromatic heterocycles. The molecule has 2 saturated heterocycles. The molecule has 0 bridgehead atoms. The summed E-state index contributed by atoms with van der Waals surface area (Å²) >= 11 is 0. The summed E-state index contributed by atoms with van der Waals surface area (Å²) in [5.74, 6) is -0.579. The number of hydrogen-bond donors (Lipinski definition) is 1. The van der Waals surface area contributed by atoms with Gasteiger partial charge in [0, 0.05) is 18.6 Å². The lowest BCUT2D eigenvalue weighted by atomic mass is 9.75. The fourth-order valence-corrected chi connectivity index (χ4v) is 4.04. The van der Waals surface area contributed by atoms with Crippen molar-refractivity contribution < 1.29 is 9.90 Å². The third-order valence-electron chi connectivity index (χ3n) is 5.49. The van der Waals surface area contributed by atoms with E-state index in [0.29, 0.717) is 12.1 Å². The van der Waals surface area contributed by atoms with Crippen LogP contribution in [0.5, 0.6) is 0 Å². The van der Waals surface area contributed by atoms with E-state index in [4.69, 9.17) is 0 Å². The van der Waals surface area contributed by atoms with Gasteiger partial charge in [-0.3, -0.25) is 9.69 Å². The van der Waals surface area contributed by atoms with Gasteiger partial charge in [-0.05, 0) is 59.2 Å². The van der Waals surface area contributed by atoms with Crippen LogP contribution in [0.1, 0.15) is 52.4 Å². The monoisotopic (exact) mass is 282 g/mol. The van der Waals surface area contributed by atoms with Crippen molar-refractivity contribution in [3.05, 3.63) is 0 Å². The van der Waals surface area contributed by atoms with Crippen LogP contribution in [0.15, 0.2) is 0 Å². The summed E-state index contributed by atoms with van der Waals surface area (Å²) in [6, 6.07) is 1.19. The molecule has 4 heteroatoms. The molecule has 0 saturated carbocycles. The van der Waals surface area contributed by atoms with Crippen molar-refractivity contribution in [2.24, 2.45) is 5.41 Å². The number of carbonyl (C=O) groups is 1. The van der Waals surface area contributed by atoms with Gasteiger partial charge < -0.3 is 10.0 Å². The molecule has 4 nitrogen and oxygen atoms in total. The maximum Gasteiger partial charge on any atom is 0.310 e. The van der Waals surface area contributed by atoms with E-state index in [9.17, 15) is 9.90 Å². The summed E-state index contributed by atoms with van der Waals surface area (Å²) in [7, 11) is 2.19. The van der Waals surface area contributed by atoms with Crippen LogP contribution in [0.25, 0.3) is 0 Å². The zero-order valence-electron chi connectivity index (χ0n) is 13.3. The molecule has 0 aromatic carbocycles. The highest BCUT2D eigenvalue weighted by Crippen LogP contribution is 2.37. The Morgan fingerprint density at radius 3 is 2.75 bits per heavy atom. The van der Waals surface area contributed by atoms with E-state index in [2.05, 4.69) is 30.7 Å². The number of piperidine rings is 2. The average Bonchev–Trinajstić information content (AvgIpc) is 2.42. The van der Waals surface area contributed by atoms with Crippen molar-refractivity contribution in [3.8, 4) is 0 Å². The van der Waals surface area contributed by atoms with E-state index in [1.54, 1.807) is 0 Å². The molecule has 3 unspecified atom stereocenters. The van der Waals surface area contributed by atoms with Crippen LogP contribution in [0.3, 0.4) is 0 Å². The Morgan fingerprint density at radius 1 is 1.40 bits per heavy atom. The summed E-state index contributed by atoms with van der Waals surface area (Å²) in [6.07, 6.45) is 6.04. The molecule has 1 N–H and O–H groups in total. The SMILES string of the molecule is CCCC1(C(=O)O)CCCN(C2CCN(C)C(C)C2)C1. The molecule has 3 atom stereocenters. The maximum absolute atomic E-state index is 11.8. The Kier molecular flexibility index (Phi) is 5.08. The van der Waals surface area contributed by atoms with E-state index < -0.39 is 11.4 Å². The van der Waals surface area contributed by atoms with Gasteiger partial charge in [0.2, 0.25) is 0 Å². The van der Waals surface area contributed by atoms with E-state index in [1.165, 1.54) is 12.8 Å². The Labute approximate surface area is 123 Å². The Balaban J connectivity index is 2.04. The molecule has 20 heavy (non-hydrogen) atoms. The maximum atomic E-state index is 11.8. The van der Waals surface area contributed by atoms with Crippen molar-refractivity contribution in [1.29, 1.82) is 0 Å². The zero-order chi connectivity index (χ0) is 14.8. The first-order valence-electron chi connectivity index (χ1n) is 8.16. The van der Waals surface area contributed by atoms with Crippen LogP contribution in [0.2, 0.25) is 0 Å². The van der Waals surface area contributed by atoms with Crippen molar-refractivity contribution in [1.82, 2.24) is 9.80 Å². The average molecular weight is 282 g/mol. The highest BCUT2D eigenvalue weighted by Gasteiger charge is 2.43. The first-order chi connectivity index (χ1) is 9.48. The van der Waals surface area contributed by atoms with Gasteiger partial charge in [-0.15, -0.1) is 0 Å². The lowest BCUT2D eigenvalue weighted by Gasteiger charge is -2.47. The molecule has 116 valence electrons. The lowest BCUT2D eigenvalue weighted by Crippen LogP contribution is -2.54. The minimum atomic E-state index is -0.579. The number of carboxylic acids is 1. The van der Waals surface area contributed by atoms with Crippen LogP contribution in [-0.4, -0.2) is 59.6 Å². The van der Waals surface area contributed by atoms with Crippen molar-refractivity contribution in [2.45, 2.75) is 64.5 Å². The number of nitrogens with zero attached hydrogens (tertiary/aromatic N) is 2. The summed E-state index contributed by atoms with van der Waals surface area (Å²) in [6.45, 7) is 7.36. The Morgan fingerprint density at radius 2 is 2.15 bits per heavy atom. The molecular weight excluding hydrogens is 252 g/mol. The smallest absolute Gasteiger partial charge is 0.310 e. The van der Waals surface area contributed by atoms with Crippen molar-refractivity contribution in [3.63, 3.8) is 0 Å². The number of rotatable bonds is 4. The van der Waals surface area contributed by atoms with Gasteiger partial charge in [-0.25, -0.2) is 0 Å². The third kappa shape index (κ3) is 3.17. The fraction of sp³-hybridized carbons (Fsp3) is 0.938. The summed E-state index contributed by atoms with van der Waals surface area (Å²) < 4.78 is 0. The Hall–Kier alpha value is -0.610. The molecule has 2 fully saturated rings. The van der Waals surface area contributed by atoms with Crippen LogP contribution in [0, 0.1) is 5.41 Å². The molecule has 0 spiro atoms. The zero-order valence-corrected chi connectivity index (χ0v) is 13.3. The summed E-state index contributed by atoms with van der Waals surface area (Å²) in [5, 5.41) is 9.70. The Bertz CT molecular complexity index is 343. The number of carboxylic acid groups (broad SMARTS) is 1. The summed E-state index contributed by atoms with van der Waals surface area (Å²) in [5.41, 5.74) is -0.487. The molecule has 2 aliphatic heterocycles. The highest BCUT2D eigenvalue weighted by molar-refractivity contribution is 5.75. The van der Waals surface area contributed by atoms with Gasteiger partial charge >= 0.3 is 5.97 Å². The molecule has 2 heterocycles. The minimum Gasteiger partial charge on any atom is -0.481 e. The van der Waals surface area contributed by atoms with Gasteiger partial charge in [-0.1, -0.05) is 13.3 Å². The standard InChI is InChI=1S/C16H30N2O2/c1-4-7-16(15(19)20)8-5-9-18(12-16)14-6-10-17(3)13(2)11-14/h13-14H,4-12H2,1-3H3,(H,19,20). The third-order valence-corrected chi connectivity index (χ3v) is 5.49. The van der Waals surface area contributed by atoms with Crippen molar-refractivity contribution >= 4 is 5.97 Å². The number of likely N-dealkylation sites (tertiary alicyclic amines) is 2. The molecule has 0 radical (unpaired) electrons. The lowest BCUT2D eigenvalue weighted by molar-refractivity contribution is -0.154. The largest absolute Gasteiger partial charge is 0.481 e. The van der Waals surface area contributed by atoms with E-state index >= 15 is 0 Å². The fourth-order valence-electron chi connectivity index (χ4n) is 4.04. The van der Waals surface area contributed by atoms with Gasteiger partial charge in [0.1, 0.15) is 0 Å². The molecule has 0 aliphatic carbocycles. The quantitative estimate of drug-likeness (QED) is 0.860. The van der Waals surface area contributed by atoms with Gasteiger partial charge in [0.15, 0.2) is 0 Å². The summed E-state index contributed by atoms with van der Waals surface area (Å²) in [4.78, 5) is 16.7. The molecular formula is C16H30N2O2. The molecule has 2 rings (SSSR count). The van der Waals surface area contributed by atoms with Crippen LogP contribution in [-0.2, 0) is 4.79 Å². The second-order valence-electron chi connectivity index (χ2n) is 6.92. The second kappa shape index (κ2) is 6.44. The topological polar surface area (TPSA) is 43.8 Å². The van der Waals surface area contributed by atoms with E-state index in [-0.39, 0.29) is 0 Å². The molecule has 2 aliphatic rings. The molecule has 0 amide bonds. The van der Waals surface area contributed by atoms with Crippen LogP contribution < -0.4 is 0 Å². The van der Waals surface area contributed by atoms with E-state index in [1.807, 2.05) is 0 Å². The van der Waals surface area contributed by atoms with Crippen molar-refractivity contribution in [2.75, 3.05) is 26.7 Å². The predicted molar refractivity (Wildman–Crippen MR) is 80.9 cm³/mol. The van der Waals surface area contributed by atoms with Crippen LogP contribution in [0.4, 0.5) is 0 Å². The molecule has 0 aromatic rings. The highest BCUT2D eigenvalue weighted by atomic mass is 16.4. The van der Waals surface area contributed by atoms with Gasteiger partial charge in [0.05, 0.1) is 5.41 Å². The predicted octanol–water partition coefficient (Wildman–Crippen LogP) is 2.44.